The maximum absolute atomic E-state index is 8.61. The second-order valence-corrected chi connectivity index (χ2v) is 2.40. The van der Waals surface area contributed by atoms with Gasteiger partial charge in [-0.05, 0) is 18.4 Å². The van der Waals surface area contributed by atoms with Crippen molar-refractivity contribution in [2.24, 2.45) is 5.92 Å². The van der Waals surface area contributed by atoms with Gasteiger partial charge in [-0.25, -0.2) is 0 Å². The van der Waals surface area contributed by atoms with E-state index in [0.717, 1.165) is 12.1 Å². The summed E-state index contributed by atoms with van der Waals surface area (Å²) in [7, 11) is 0. The molecule has 2 heteroatoms. The molecule has 0 aromatic carbocycles. The van der Waals surface area contributed by atoms with E-state index in [1.165, 1.54) is 0 Å². The number of rotatable bonds is 0. The first-order valence-corrected chi connectivity index (χ1v) is 3.35. The molecule has 1 heterocycles. The van der Waals surface area contributed by atoms with E-state index < -0.39 is 0 Å². The van der Waals surface area contributed by atoms with E-state index in [1.807, 2.05) is 25.3 Å². The molecule has 1 aliphatic rings. The van der Waals surface area contributed by atoms with Gasteiger partial charge < -0.3 is 5.32 Å². The van der Waals surface area contributed by atoms with Crippen LogP contribution >= 0.6 is 0 Å². The van der Waals surface area contributed by atoms with E-state index in [-0.39, 0.29) is 0 Å². The molecule has 1 unspecified atom stereocenters. The predicted molar refractivity (Wildman–Crippen MR) is 40.0 cm³/mol. The van der Waals surface area contributed by atoms with Crippen molar-refractivity contribution in [2.75, 3.05) is 6.54 Å². The number of hydrogen-bond donors (Lipinski definition) is 1. The van der Waals surface area contributed by atoms with Gasteiger partial charge in [0.15, 0.2) is 0 Å². The first-order chi connectivity index (χ1) is 4.84. The van der Waals surface area contributed by atoms with Gasteiger partial charge >= 0.3 is 0 Å². The van der Waals surface area contributed by atoms with Crippen LogP contribution in [0.3, 0.4) is 0 Å². The lowest BCUT2D eigenvalue weighted by atomic mass is 10.0. The zero-order valence-corrected chi connectivity index (χ0v) is 5.96. The normalized spacial score (nSPS) is 24.0. The van der Waals surface area contributed by atoms with E-state index in [4.69, 9.17) is 5.26 Å². The third-order valence-electron chi connectivity index (χ3n) is 1.57. The Labute approximate surface area is 60.9 Å². The molecule has 0 aliphatic carbocycles. The minimum absolute atomic E-state index is 0.333. The van der Waals surface area contributed by atoms with Gasteiger partial charge in [-0.15, -0.1) is 0 Å². The molecule has 0 spiro atoms. The molecule has 0 amide bonds. The monoisotopic (exact) mass is 134 g/mol. The number of nitrogens with one attached hydrogen (secondary N) is 1. The van der Waals surface area contributed by atoms with E-state index in [1.54, 1.807) is 0 Å². The largest absolute Gasteiger partial charge is 0.390 e. The van der Waals surface area contributed by atoms with Gasteiger partial charge in [-0.3, -0.25) is 0 Å². The molecule has 0 fully saturated rings. The van der Waals surface area contributed by atoms with E-state index in [2.05, 4.69) is 11.4 Å². The summed E-state index contributed by atoms with van der Waals surface area (Å²) in [6.45, 7) is 2.89. The summed E-state index contributed by atoms with van der Waals surface area (Å²) >= 11 is 0. The van der Waals surface area contributed by atoms with Crippen LogP contribution in [0.2, 0.25) is 0 Å². The minimum atomic E-state index is 0.333. The molecule has 0 saturated heterocycles. The number of nitriles is 1. The lowest BCUT2D eigenvalue weighted by molar-refractivity contribution is 0.657. The topological polar surface area (TPSA) is 35.8 Å². The average molecular weight is 134 g/mol. The van der Waals surface area contributed by atoms with Gasteiger partial charge in [0.2, 0.25) is 0 Å². The molecule has 0 aromatic heterocycles. The Morgan fingerprint density at radius 3 is 3.30 bits per heavy atom. The molecule has 0 radical (unpaired) electrons. The van der Waals surface area contributed by atoms with Crippen molar-refractivity contribution >= 4 is 0 Å². The summed E-state index contributed by atoms with van der Waals surface area (Å²) in [4.78, 5) is 0. The number of allylic oxidation sites excluding steroid dienone is 2. The van der Waals surface area contributed by atoms with Crippen LogP contribution < -0.4 is 5.32 Å². The Kier molecular flexibility index (Phi) is 2.11. The zero-order valence-electron chi connectivity index (χ0n) is 5.96. The maximum Gasteiger partial charge on any atom is 0.0950 e. The molecule has 1 N–H and O–H groups in total. The Balaban J connectivity index is 2.75. The predicted octanol–water partition coefficient (Wildman–Crippen LogP) is 1.19. The highest BCUT2D eigenvalue weighted by atomic mass is 14.8. The van der Waals surface area contributed by atoms with Gasteiger partial charge in [0, 0.05) is 18.0 Å². The van der Waals surface area contributed by atoms with Crippen molar-refractivity contribution in [2.45, 2.75) is 6.92 Å². The van der Waals surface area contributed by atoms with Crippen LogP contribution in [-0.2, 0) is 0 Å². The van der Waals surface area contributed by atoms with Crippen molar-refractivity contribution < 1.29 is 0 Å². The van der Waals surface area contributed by atoms with Crippen LogP contribution in [0, 0.1) is 17.2 Å². The Bertz CT molecular complexity index is 208. The minimum Gasteiger partial charge on any atom is -0.390 e. The summed E-state index contributed by atoms with van der Waals surface area (Å²) in [5.74, 6) is 0.333. The van der Waals surface area contributed by atoms with Gasteiger partial charge in [0.25, 0.3) is 0 Å². The smallest absolute Gasteiger partial charge is 0.0950 e. The molecule has 1 rings (SSSR count). The van der Waals surface area contributed by atoms with Crippen molar-refractivity contribution in [3.05, 3.63) is 23.9 Å². The standard InChI is InChI=1S/C8H10N2/c1-7-6-10-4-2-3-8(7)5-9/h2-4,7,10H,6H2,1H3. The quantitative estimate of drug-likeness (QED) is 0.540. The van der Waals surface area contributed by atoms with Crippen molar-refractivity contribution in [1.29, 1.82) is 5.26 Å². The molecule has 0 bridgehead atoms. The Morgan fingerprint density at radius 1 is 1.80 bits per heavy atom. The third-order valence-corrected chi connectivity index (χ3v) is 1.57. The fourth-order valence-corrected chi connectivity index (χ4v) is 0.886. The van der Waals surface area contributed by atoms with Gasteiger partial charge in [-0.1, -0.05) is 6.92 Å². The van der Waals surface area contributed by atoms with Crippen molar-refractivity contribution in [3.8, 4) is 6.07 Å². The number of hydrogen-bond acceptors (Lipinski definition) is 2. The SMILES string of the molecule is CC1CNC=CC=C1C#N. The summed E-state index contributed by atoms with van der Waals surface area (Å²) in [5.41, 5.74) is 0.848. The Morgan fingerprint density at radius 2 is 2.60 bits per heavy atom. The van der Waals surface area contributed by atoms with Crippen LogP contribution in [0.5, 0.6) is 0 Å². The molecule has 0 aromatic rings. The molecule has 1 atom stereocenters. The third kappa shape index (κ3) is 1.38. The van der Waals surface area contributed by atoms with Crippen LogP contribution in [0.4, 0.5) is 0 Å². The first kappa shape index (κ1) is 6.88. The highest BCUT2D eigenvalue weighted by molar-refractivity contribution is 5.29. The molecule has 10 heavy (non-hydrogen) atoms. The second kappa shape index (κ2) is 3.07. The van der Waals surface area contributed by atoms with Crippen molar-refractivity contribution in [1.82, 2.24) is 5.32 Å². The fraction of sp³-hybridized carbons (Fsp3) is 0.375. The molecule has 0 saturated carbocycles. The van der Waals surface area contributed by atoms with Crippen LogP contribution in [0.15, 0.2) is 23.9 Å². The zero-order chi connectivity index (χ0) is 7.40. The summed E-state index contributed by atoms with van der Waals surface area (Å²) in [5, 5.41) is 11.7. The van der Waals surface area contributed by atoms with E-state index in [0.29, 0.717) is 5.92 Å². The molecular formula is C8H10N2. The molecule has 1 aliphatic heterocycles. The molecule has 2 nitrogen and oxygen atoms in total. The van der Waals surface area contributed by atoms with Gasteiger partial charge in [0.05, 0.1) is 6.07 Å². The van der Waals surface area contributed by atoms with Crippen LogP contribution in [0.25, 0.3) is 0 Å². The second-order valence-electron chi connectivity index (χ2n) is 2.40. The van der Waals surface area contributed by atoms with Gasteiger partial charge in [-0.2, -0.15) is 5.26 Å². The van der Waals surface area contributed by atoms with E-state index in [9.17, 15) is 0 Å². The number of nitrogens with zero attached hydrogens (tertiary/aromatic N) is 1. The highest BCUT2D eigenvalue weighted by Gasteiger charge is 2.07. The average Bonchev–Trinajstić information content (AvgIpc) is 2.13. The maximum atomic E-state index is 8.61. The molecule has 52 valence electrons. The summed E-state index contributed by atoms with van der Waals surface area (Å²) in [6.07, 6.45) is 5.58. The summed E-state index contributed by atoms with van der Waals surface area (Å²) in [6, 6.07) is 2.16. The van der Waals surface area contributed by atoms with Gasteiger partial charge in [0.1, 0.15) is 0 Å². The highest BCUT2D eigenvalue weighted by Crippen LogP contribution is 2.09. The first-order valence-electron chi connectivity index (χ1n) is 3.35. The lowest BCUT2D eigenvalue weighted by Gasteiger charge is -2.05. The van der Waals surface area contributed by atoms with Crippen LogP contribution in [0.1, 0.15) is 6.92 Å². The van der Waals surface area contributed by atoms with Crippen LogP contribution in [-0.4, -0.2) is 6.54 Å². The fourth-order valence-electron chi connectivity index (χ4n) is 0.886. The summed E-state index contributed by atoms with van der Waals surface area (Å²) < 4.78 is 0. The van der Waals surface area contributed by atoms with E-state index >= 15 is 0 Å². The van der Waals surface area contributed by atoms with Crippen molar-refractivity contribution in [3.63, 3.8) is 0 Å². The Hall–Kier alpha value is -1.23. The molecular weight excluding hydrogens is 124 g/mol. The lowest BCUT2D eigenvalue weighted by Crippen LogP contribution is -2.14.